The second-order valence-electron chi connectivity index (χ2n) is 5.99. The summed E-state index contributed by atoms with van der Waals surface area (Å²) in [6, 6.07) is 10.6. The van der Waals surface area contributed by atoms with Gasteiger partial charge in [0.25, 0.3) is 5.91 Å². The van der Waals surface area contributed by atoms with Crippen LogP contribution in [0.25, 0.3) is 0 Å². The molecule has 0 aliphatic rings. The topological polar surface area (TPSA) is 135 Å². The molecule has 0 aromatic heterocycles. The summed E-state index contributed by atoms with van der Waals surface area (Å²) in [4.78, 5) is 23.5. The average molecular weight is 435 g/mol. The van der Waals surface area contributed by atoms with Gasteiger partial charge in [0, 0.05) is 11.6 Å². The van der Waals surface area contributed by atoms with Crippen molar-refractivity contribution < 1.29 is 32.6 Å². The fourth-order valence-corrected chi connectivity index (χ4v) is 3.37. The lowest BCUT2D eigenvalue weighted by Gasteiger charge is -2.23. The summed E-state index contributed by atoms with van der Waals surface area (Å²) in [5.41, 5.74) is 2.60. The molecule has 10 nitrogen and oxygen atoms in total. The molecule has 2 N–H and O–H groups in total. The molecular weight excluding hydrogens is 414 g/mol. The van der Waals surface area contributed by atoms with Crippen LogP contribution in [0.5, 0.6) is 11.5 Å². The molecule has 0 fully saturated rings. The van der Waals surface area contributed by atoms with Gasteiger partial charge in [-0.2, -0.15) is 5.10 Å². The minimum atomic E-state index is -3.86. The number of carbonyl (C=O) groups is 2. The predicted octanol–water partition coefficient (Wildman–Crippen LogP) is 1.32. The van der Waals surface area contributed by atoms with E-state index in [2.05, 4.69) is 10.5 Å². The number of nitrogens with zero attached hydrogens (tertiary/aromatic N) is 2. The van der Waals surface area contributed by atoms with Gasteiger partial charge >= 0.3 is 5.97 Å². The fraction of sp³-hybridized carbons (Fsp3) is 0.211. The van der Waals surface area contributed by atoms with Crippen molar-refractivity contribution in [3.8, 4) is 11.5 Å². The van der Waals surface area contributed by atoms with Crippen LogP contribution in [0.3, 0.4) is 0 Å². The Morgan fingerprint density at radius 1 is 1.17 bits per heavy atom. The van der Waals surface area contributed by atoms with E-state index in [4.69, 9.17) is 14.6 Å². The normalized spacial score (nSPS) is 11.2. The molecule has 0 spiro atoms. The molecule has 0 aliphatic heterocycles. The highest BCUT2D eigenvalue weighted by Gasteiger charge is 2.24. The van der Waals surface area contributed by atoms with E-state index in [1.807, 2.05) is 0 Å². The van der Waals surface area contributed by atoms with Crippen molar-refractivity contribution in [2.24, 2.45) is 5.10 Å². The van der Waals surface area contributed by atoms with Crippen molar-refractivity contribution in [3.63, 3.8) is 0 Å². The largest absolute Gasteiger partial charge is 0.497 e. The van der Waals surface area contributed by atoms with Crippen LogP contribution >= 0.6 is 0 Å². The Labute approximate surface area is 173 Å². The highest BCUT2D eigenvalue weighted by Crippen LogP contribution is 2.33. The molecular formula is C19H21N3O7S. The maximum absolute atomic E-state index is 12.3. The number of aromatic carboxylic acids is 1. The van der Waals surface area contributed by atoms with E-state index in [0.29, 0.717) is 5.75 Å². The molecule has 0 aliphatic carbocycles. The lowest BCUT2D eigenvalue weighted by atomic mass is 10.1. The van der Waals surface area contributed by atoms with E-state index >= 15 is 0 Å². The number of ether oxygens (including phenoxy) is 2. The van der Waals surface area contributed by atoms with Gasteiger partial charge in [0.1, 0.15) is 18.0 Å². The van der Waals surface area contributed by atoms with Gasteiger partial charge < -0.3 is 14.6 Å². The molecule has 0 bridgehead atoms. The third-order valence-corrected chi connectivity index (χ3v) is 5.05. The van der Waals surface area contributed by atoms with Crippen LogP contribution in [0.2, 0.25) is 0 Å². The Kier molecular flexibility index (Phi) is 7.37. The van der Waals surface area contributed by atoms with Crippen molar-refractivity contribution in [2.45, 2.75) is 0 Å². The van der Waals surface area contributed by atoms with Gasteiger partial charge in [0.05, 0.1) is 37.9 Å². The van der Waals surface area contributed by atoms with Gasteiger partial charge in [-0.15, -0.1) is 0 Å². The van der Waals surface area contributed by atoms with Crippen molar-refractivity contribution in [3.05, 3.63) is 53.6 Å². The van der Waals surface area contributed by atoms with E-state index in [0.717, 1.165) is 16.8 Å². The zero-order valence-corrected chi connectivity index (χ0v) is 17.3. The highest BCUT2D eigenvalue weighted by atomic mass is 32.2. The van der Waals surface area contributed by atoms with Gasteiger partial charge in [-0.25, -0.2) is 18.6 Å². The van der Waals surface area contributed by atoms with Crippen molar-refractivity contribution in [2.75, 3.05) is 31.3 Å². The molecule has 0 saturated carbocycles. The number of amides is 1. The predicted molar refractivity (Wildman–Crippen MR) is 111 cm³/mol. The van der Waals surface area contributed by atoms with Crippen LogP contribution < -0.4 is 19.2 Å². The first-order valence-electron chi connectivity index (χ1n) is 8.51. The van der Waals surface area contributed by atoms with Crippen LogP contribution in [0.15, 0.2) is 47.6 Å². The number of carbonyl (C=O) groups excluding carboxylic acids is 1. The zero-order valence-electron chi connectivity index (χ0n) is 16.5. The number of hydrogen-bond donors (Lipinski definition) is 2. The molecule has 0 radical (unpaired) electrons. The molecule has 0 heterocycles. The van der Waals surface area contributed by atoms with E-state index in [1.165, 1.54) is 38.5 Å². The van der Waals surface area contributed by atoms with Gasteiger partial charge in [-0.3, -0.25) is 9.10 Å². The molecule has 160 valence electrons. The van der Waals surface area contributed by atoms with E-state index in [1.54, 1.807) is 18.2 Å². The Morgan fingerprint density at radius 3 is 2.47 bits per heavy atom. The number of hydrazone groups is 1. The lowest BCUT2D eigenvalue weighted by Crippen LogP contribution is -2.39. The molecule has 2 rings (SSSR count). The van der Waals surface area contributed by atoms with Gasteiger partial charge in [-0.1, -0.05) is 18.2 Å². The number of sulfonamides is 1. The molecule has 11 heteroatoms. The van der Waals surface area contributed by atoms with Gasteiger partial charge in [0.2, 0.25) is 10.0 Å². The number of carboxylic acid groups (broad SMARTS) is 1. The third-order valence-electron chi connectivity index (χ3n) is 3.93. The van der Waals surface area contributed by atoms with Crippen molar-refractivity contribution in [1.29, 1.82) is 0 Å². The maximum atomic E-state index is 12.3. The second-order valence-corrected chi connectivity index (χ2v) is 7.90. The summed E-state index contributed by atoms with van der Waals surface area (Å²) in [6.07, 6.45) is 2.11. The first kappa shape index (κ1) is 22.7. The summed E-state index contributed by atoms with van der Waals surface area (Å²) in [6.45, 7) is -0.583. The summed E-state index contributed by atoms with van der Waals surface area (Å²) >= 11 is 0. The Bertz CT molecular complexity index is 1070. The summed E-state index contributed by atoms with van der Waals surface area (Å²) in [5.74, 6) is -1.28. The molecule has 2 aromatic rings. The minimum absolute atomic E-state index is 0.00868. The zero-order chi connectivity index (χ0) is 22.3. The Hall–Kier alpha value is -3.60. The smallest absolute Gasteiger partial charge is 0.336 e. The van der Waals surface area contributed by atoms with Crippen LogP contribution in [0.1, 0.15) is 15.9 Å². The van der Waals surface area contributed by atoms with Crippen LogP contribution in [0, 0.1) is 0 Å². The first-order valence-corrected chi connectivity index (χ1v) is 10.4. The molecule has 30 heavy (non-hydrogen) atoms. The number of anilines is 1. The summed E-state index contributed by atoms with van der Waals surface area (Å²) in [5, 5.41) is 12.9. The van der Waals surface area contributed by atoms with Crippen molar-refractivity contribution in [1.82, 2.24) is 5.43 Å². The molecule has 0 unspecified atom stereocenters. The van der Waals surface area contributed by atoms with Crippen LogP contribution in [-0.2, 0) is 14.8 Å². The molecule has 0 saturated heterocycles. The standard InChI is InChI=1S/C19H21N3O7S/c1-28-14-8-9-17(29-2)16(10-14)22(30(3,26)27)12-18(23)21-20-11-13-6-4-5-7-15(13)19(24)25/h4-11H,12H2,1-3H3,(H,21,23)(H,24,25)/b20-11-. The average Bonchev–Trinajstić information content (AvgIpc) is 2.71. The Morgan fingerprint density at radius 2 is 1.87 bits per heavy atom. The molecule has 1 amide bonds. The van der Waals surface area contributed by atoms with E-state index in [-0.39, 0.29) is 22.6 Å². The fourth-order valence-electron chi connectivity index (χ4n) is 2.52. The van der Waals surface area contributed by atoms with Gasteiger partial charge in [-0.05, 0) is 18.2 Å². The molecule has 2 aromatic carbocycles. The maximum Gasteiger partial charge on any atom is 0.336 e. The minimum Gasteiger partial charge on any atom is -0.497 e. The van der Waals surface area contributed by atoms with Crippen LogP contribution in [0.4, 0.5) is 5.69 Å². The first-order chi connectivity index (χ1) is 14.2. The number of rotatable bonds is 9. The van der Waals surface area contributed by atoms with E-state index < -0.39 is 28.4 Å². The summed E-state index contributed by atoms with van der Waals surface area (Å²) in [7, 11) is -1.06. The quantitative estimate of drug-likeness (QED) is 0.448. The van der Waals surface area contributed by atoms with Crippen molar-refractivity contribution >= 4 is 33.8 Å². The SMILES string of the molecule is COc1ccc(OC)c(N(CC(=O)N/N=C\c2ccccc2C(=O)O)S(C)(=O)=O)c1. The van der Waals surface area contributed by atoms with Gasteiger partial charge in [0.15, 0.2) is 0 Å². The number of benzene rings is 2. The number of carboxylic acids is 1. The Balaban J connectivity index is 2.23. The third kappa shape index (κ3) is 5.70. The second kappa shape index (κ2) is 9.74. The number of methoxy groups -OCH3 is 2. The number of nitrogens with one attached hydrogen (secondary N) is 1. The summed E-state index contributed by atoms with van der Waals surface area (Å²) < 4.78 is 35.8. The lowest BCUT2D eigenvalue weighted by molar-refractivity contribution is -0.119. The molecule has 0 atom stereocenters. The highest BCUT2D eigenvalue weighted by molar-refractivity contribution is 7.92. The number of hydrogen-bond acceptors (Lipinski definition) is 7. The van der Waals surface area contributed by atoms with E-state index in [9.17, 15) is 18.0 Å². The monoisotopic (exact) mass is 435 g/mol. The van der Waals surface area contributed by atoms with Crippen LogP contribution in [-0.4, -0.2) is 58.6 Å².